The molecule has 2 atom stereocenters. The maximum absolute atomic E-state index is 12.3. The molecule has 0 aromatic carbocycles. The fourth-order valence-corrected chi connectivity index (χ4v) is 3.29. The Kier molecular flexibility index (Phi) is 6.14. The zero-order valence-corrected chi connectivity index (χ0v) is 13.8. The summed E-state index contributed by atoms with van der Waals surface area (Å²) in [6.45, 7) is 6.52. The van der Waals surface area contributed by atoms with Crippen molar-refractivity contribution in [3.63, 3.8) is 0 Å². The van der Waals surface area contributed by atoms with E-state index < -0.39 is 0 Å². The fraction of sp³-hybridized carbons (Fsp3) is 0.733. The van der Waals surface area contributed by atoms with Crippen molar-refractivity contribution in [2.24, 2.45) is 5.92 Å². The van der Waals surface area contributed by atoms with Crippen LogP contribution >= 0.6 is 11.3 Å². The monoisotopic (exact) mass is 312 g/mol. The van der Waals surface area contributed by atoms with Crippen molar-refractivity contribution < 1.29 is 14.3 Å². The van der Waals surface area contributed by atoms with Crippen LogP contribution in [0, 0.1) is 5.92 Å². The summed E-state index contributed by atoms with van der Waals surface area (Å²) in [5, 5.41) is 2.97. The predicted molar refractivity (Wildman–Crippen MR) is 82.2 cm³/mol. The van der Waals surface area contributed by atoms with E-state index in [1.54, 1.807) is 16.2 Å². The van der Waals surface area contributed by atoms with Gasteiger partial charge < -0.3 is 14.4 Å². The van der Waals surface area contributed by atoms with Gasteiger partial charge >= 0.3 is 0 Å². The number of ether oxygens (including phenoxy) is 2. The quantitative estimate of drug-likeness (QED) is 0.810. The number of carbonyl (C=O) groups excluding carboxylic acids is 1. The number of thiazole rings is 1. The number of aromatic nitrogens is 1. The van der Waals surface area contributed by atoms with E-state index in [0.29, 0.717) is 19.8 Å². The zero-order chi connectivity index (χ0) is 15.2. The van der Waals surface area contributed by atoms with E-state index in [0.717, 1.165) is 30.2 Å². The van der Waals surface area contributed by atoms with Crippen LogP contribution in [0.5, 0.6) is 0 Å². The topological polar surface area (TPSA) is 51.7 Å². The van der Waals surface area contributed by atoms with Crippen molar-refractivity contribution in [3.05, 3.63) is 16.1 Å². The van der Waals surface area contributed by atoms with E-state index in [1.807, 2.05) is 26.3 Å². The third-order valence-electron chi connectivity index (χ3n) is 3.62. The van der Waals surface area contributed by atoms with Crippen LogP contribution in [0.2, 0.25) is 0 Å². The van der Waals surface area contributed by atoms with Crippen molar-refractivity contribution in [2.75, 3.05) is 26.9 Å². The van der Waals surface area contributed by atoms with Gasteiger partial charge in [0, 0.05) is 25.6 Å². The molecule has 1 aromatic heterocycles. The van der Waals surface area contributed by atoms with Crippen molar-refractivity contribution in [1.29, 1.82) is 0 Å². The lowest BCUT2D eigenvalue weighted by atomic mass is 10.0. The molecule has 1 fully saturated rings. The molecule has 1 saturated heterocycles. The van der Waals surface area contributed by atoms with Gasteiger partial charge in [-0.3, -0.25) is 4.79 Å². The first-order chi connectivity index (χ1) is 10.1. The van der Waals surface area contributed by atoms with Crippen LogP contribution in [0.3, 0.4) is 0 Å². The van der Waals surface area contributed by atoms with Crippen LogP contribution < -0.4 is 0 Å². The van der Waals surface area contributed by atoms with Crippen LogP contribution in [0.25, 0.3) is 0 Å². The van der Waals surface area contributed by atoms with Crippen molar-refractivity contribution in [3.8, 4) is 0 Å². The van der Waals surface area contributed by atoms with Gasteiger partial charge in [0.15, 0.2) is 0 Å². The molecule has 0 N–H and O–H groups in total. The number of amides is 1. The van der Waals surface area contributed by atoms with Gasteiger partial charge in [-0.2, -0.15) is 0 Å². The SMILES string of the molecule is CCOC(C)c1nc(CN(C)C(=O)C2CCCOC2)cs1. The average Bonchev–Trinajstić information content (AvgIpc) is 2.96. The molecular formula is C15H24N2O3S. The molecule has 0 spiro atoms. The Labute approximate surface area is 130 Å². The van der Waals surface area contributed by atoms with Crippen LogP contribution in [-0.2, 0) is 20.8 Å². The van der Waals surface area contributed by atoms with Crippen molar-refractivity contribution in [2.45, 2.75) is 39.3 Å². The fourth-order valence-electron chi connectivity index (χ4n) is 2.47. The molecule has 21 heavy (non-hydrogen) atoms. The van der Waals surface area contributed by atoms with Gasteiger partial charge in [-0.05, 0) is 26.7 Å². The van der Waals surface area contributed by atoms with Crippen LogP contribution in [0.1, 0.15) is 43.5 Å². The molecule has 6 heteroatoms. The molecule has 5 nitrogen and oxygen atoms in total. The Hall–Kier alpha value is -0.980. The molecule has 1 aliphatic heterocycles. The molecule has 0 radical (unpaired) electrons. The largest absolute Gasteiger partial charge is 0.381 e. The van der Waals surface area contributed by atoms with Crippen LogP contribution in [0.15, 0.2) is 5.38 Å². The van der Waals surface area contributed by atoms with E-state index >= 15 is 0 Å². The maximum atomic E-state index is 12.3. The highest BCUT2D eigenvalue weighted by molar-refractivity contribution is 7.09. The Balaban J connectivity index is 1.89. The summed E-state index contributed by atoms with van der Waals surface area (Å²) in [4.78, 5) is 18.7. The second-order valence-corrected chi connectivity index (χ2v) is 6.27. The van der Waals surface area contributed by atoms with Gasteiger partial charge in [-0.1, -0.05) is 0 Å². The molecule has 0 saturated carbocycles. The zero-order valence-electron chi connectivity index (χ0n) is 13.0. The molecule has 0 aliphatic carbocycles. The van der Waals surface area contributed by atoms with Gasteiger partial charge in [-0.25, -0.2) is 4.98 Å². The van der Waals surface area contributed by atoms with Crippen molar-refractivity contribution >= 4 is 17.2 Å². The molecule has 1 aliphatic rings. The normalized spacial score (nSPS) is 20.2. The lowest BCUT2D eigenvalue weighted by Crippen LogP contribution is -2.36. The standard InChI is InChI=1S/C15H24N2O3S/c1-4-20-11(2)14-16-13(10-21-14)8-17(3)15(18)12-6-5-7-19-9-12/h10-12H,4-9H2,1-3H3. The summed E-state index contributed by atoms with van der Waals surface area (Å²) in [7, 11) is 1.84. The second-order valence-electron chi connectivity index (χ2n) is 5.38. The summed E-state index contributed by atoms with van der Waals surface area (Å²) >= 11 is 1.59. The van der Waals surface area contributed by atoms with E-state index in [2.05, 4.69) is 4.98 Å². The third-order valence-corrected chi connectivity index (χ3v) is 4.67. The van der Waals surface area contributed by atoms with Gasteiger partial charge in [0.05, 0.1) is 24.8 Å². The maximum Gasteiger partial charge on any atom is 0.228 e. The molecule has 2 rings (SSSR count). The number of hydrogen-bond acceptors (Lipinski definition) is 5. The number of nitrogens with zero attached hydrogens (tertiary/aromatic N) is 2. The molecular weight excluding hydrogens is 288 g/mol. The predicted octanol–water partition coefficient (Wildman–Crippen LogP) is 2.63. The lowest BCUT2D eigenvalue weighted by molar-refractivity contribution is -0.138. The molecule has 1 aromatic rings. The number of rotatable bonds is 6. The van der Waals surface area contributed by atoms with E-state index in [-0.39, 0.29) is 17.9 Å². The highest BCUT2D eigenvalue weighted by Crippen LogP contribution is 2.22. The summed E-state index contributed by atoms with van der Waals surface area (Å²) < 4.78 is 10.9. The van der Waals surface area contributed by atoms with Crippen LogP contribution in [-0.4, -0.2) is 42.7 Å². The Bertz CT molecular complexity index is 458. The first-order valence-corrected chi connectivity index (χ1v) is 8.38. The second kappa shape index (κ2) is 7.87. The van der Waals surface area contributed by atoms with E-state index in [9.17, 15) is 4.79 Å². The minimum atomic E-state index is 0.00389. The number of hydrogen-bond donors (Lipinski definition) is 0. The first kappa shape index (κ1) is 16.4. The van der Waals surface area contributed by atoms with Gasteiger partial charge in [0.2, 0.25) is 5.91 Å². The van der Waals surface area contributed by atoms with Crippen LogP contribution in [0.4, 0.5) is 0 Å². The summed E-state index contributed by atoms with van der Waals surface area (Å²) in [5.41, 5.74) is 0.925. The van der Waals surface area contributed by atoms with Gasteiger partial charge in [0.25, 0.3) is 0 Å². The summed E-state index contributed by atoms with van der Waals surface area (Å²) in [5.74, 6) is 0.159. The third kappa shape index (κ3) is 4.49. The summed E-state index contributed by atoms with van der Waals surface area (Å²) in [6.07, 6.45) is 1.91. The Morgan fingerprint density at radius 3 is 3.14 bits per heavy atom. The minimum absolute atomic E-state index is 0.00389. The Morgan fingerprint density at radius 2 is 2.48 bits per heavy atom. The highest BCUT2D eigenvalue weighted by Gasteiger charge is 2.25. The van der Waals surface area contributed by atoms with Crippen molar-refractivity contribution in [1.82, 2.24) is 9.88 Å². The minimum Gasteiger partial charge on any atom is -0.381 e. The van der Waals surface area contributed by atoms with E-state index in [1.165, 1.54) is 0 Å². The molecule has 2 heterocycles. The molecule has 118 valence electrons. The van der Waals surface area contributed by atoms with Gasteiger partial charge in [0.1, 0.15) is 11.1 Å². The molecule has 1 amide bonds. The van der Waals surface area contributed by atoms with E-state index in [4.69, 9.17) is 9.47 Å². The molecule has 0 bridgehead atoms. The molecule has 2 unspecified atom stereocenters. The average molecular weight is 312 g/mol. The highest BCUT2D eigenvalue weighted by atomic mass is 32.1. The summed E-state index contributed by atoms with van der Waals surface area (Å²) in [6, 6.07) is 0. The Morgan fingerprint density at radius 1 is 1.67 bits per heavy atom. The lowest BCUT2D eigenvalue weighted by Gasteiger charge is -2.26. The van der Waals surface area contributed by atoms with Gasteiger partial charge in [-0.15, -0.1) is 11.3 Å². The number of carbonyl (C=O) groups is 1. The first-order valence-electron chi connectivity index (χ1n) is 7.50. The smallest absolute Gasteiger partial charge is 0.228 e.